The highest BCUT2D eigenvalue weighted by atomic mass is 16.5. The first-order valence-corrected chi connectivity index (χ1v) is 9.84. The van der Waals surface area contributed by atoms with E-state index in [1.807, 2.05) is 12.3 Å². The number of nitrogens with zero attached hydrogens (tertiary/aromatic N) is 3. The Kier molecular flexibility index (Phi) is 8.85. The quantitative estimate of drug-likeness (QED) is 0.549. The second-order valence-corrected chi connectivity index (χ2v) is 7.27. The minimum atomic E-state index is 0.499. The van der Waals surface area contributed by atoms with E-state index in [9.17, 15) is 0 Å². The van der Waals surface area contributed by atoms with Crippen LogP contribution in [-0.4, -0.2) is 61.3 Å². The van der Waals surface area contributed by atoms with E-state index in [-0.39, 0.29) is 0 Å². The van der Waals surface area contributed by atoms with Gasteiger partial charge in [-0.1, -0.05) is 19.9 Å². The number of aliphatic imine (C=N–C) groups is 1. The number of hydrogen-bond donors (Lipinski definition) is 2. The van der Waals surface area contributed by atoms with Gasteiger partial charge >= 0.3 is 0 Å². The molecule has 1 saturated heterocycles. The lowest BCUT2D eigenvalue weighted by atomic mass is 10.0. The second-order valence-electron chi connectivity index (χ2n) is 7.27. The fourth-order valence-corrected chi connectivity index (χ4v) is 3.24. The number of hydrogen-bond acceptors (Lipinski definition) is 4. The van der Waals surface area contributed by atoms with Crippen molar-refractivity contribution in [1.82, 2.24) is 20.5 Å². The molecule has 0 amide bonds. The van der Waals surface area contributed by atoms with Crippen molar-refractivity contribution < 1.29 is 4.74 Å². The molecule has 0 aliphatic carbocycles. The minimum Gasteiger partial charge on any atom is -0.379 e. The fraction of sp³-hybridized carbons (Fsp3) is 0.700. The van der Waals surface area contributed by atoms with Gasteiger partial charge in [-0.25, -0.2) is 4.99 Å². The van der Waals surface area contributed by atoms with Crippen molar-refractivity contribution in [3.8, 4) is 0 Å². The summed E-state index contributed by atoms with van der Waals surface area (Å²) in [6.07, 6.45) is 3.00. The molecule has 1 aromatic heterocycles. The van der Waals surface area contributed by atoms with Crippen LogP contribution in [0.2, 0.25) is 0 Å². The van der Waals surface area contributed by atoms with E-state index in [0.29, 0.717) is 18.5 Å². The lowest BCUT2D eigenvalue weighted by Gasteiger charge is -2.35. The highest BCUT2D eigenvalue weighted by molar-refractivity contribution is 5.79. The molecule has 0 saturated carbocycles. The first kappa shape index (κ1) is 20.6. The van der Waals surface area contributed by atoms with Crippen molar-refractivity contribution in [2.75, 3.05) is 39.4 Å². The van der Waals surface area contributed by atoms with Gasteiger partial charge in [-0.15, -0.1) is 0 Å². The molecule has 1 aromatic rings. The fourth-order valence-electron chi connectivity index (χ4n) is 3.24. The standard InChI is InChI=1S/C20H35N5O/c1-5-21-20(24-15-19-17(4)7-6-8-22-19)23-14-18(13-16(2)3)25-9-11-26-12-10-25/h6-8,16,18H,5,9-15H2,1-4H3,(H2,21,23,24). The molecule has 1 fully saturated rings. The van der Waals surface area contributed by atoms with Crippen LogP contribution in [0.3, 0.4) is 0 Å². The van der Waals surface area contributed by atoms with E-state index < -0.39 is 0 Å². The number of aromatic nitrogens is 1. The molecule has 6 nitrogen and oxygen atoms in total. The van der Waals surface area contributed by atoms with Crippen molar-refractivity contribution in [2.45, 2.75) is 46.7 Å². The Bertz CT molecular complexity index is 555. The summed E-state index contributed by atoms with van der Waals surface area (Å²) in [5.74, 6) is 1.53. The lowest BCUT2D eigenvalue weighted by molar-refractivity contribution is 0.0132. The highest BCUT2D eigenvalue weighted by Gasteiger charge is 2.22. The smallest absolute Gasteiger partial charge is 0.191 e. The summed E-state index contributed by atoms with van der Waals surface area (Å²) < 4.78 is 5.51. The van der Waals surface area contributed by atoms with Crippen LogP contribution in [-0.2, 0) is 11.3 Å². The molecular weight excluding hydrogens is 326 g/mol. The zero-order valence-corrected chi connectivity index (χ0v) is 16.8. The van der Waals surface area contributed by atoms with Crippen LogP contribution in [0.15, 0.2) is 23.3 Å². The number of pyridine rings is 1. The maximum absolute atomic E-state index is 5.51. The van der Waals surface area contributed by atoms with Gasteiger partial charge < -0.3 is 15.4 Å². The van der Waals surface area contributed by atoms with Crippen molar-refractivity contribution in [3.63, 3.8) is 0 Å². The molecule has 0 radical (unpaired) electrons. The number of aryl methyl sites for hydroxylation is 1. The predicted octanol–water partition coefficient (Wildman–Crippen LogP) is 2.19. The summed E-state index contributed by atoms with van der Waals surface area (Å²) in [4.78, 5) is 11.7. The Balaban J connectivity index is 1.97. The van der Waals surface area contributed by atoms with E-state index in [2.05, 4.69) is 54.3 Å². The molecule has 6 heteroatoms. The zero-order chi connectivity index (χ0) is 18.8. The average Bonchev–Trinajstić information content (AvgIpc) is 2.64. The third-order valence-corrected chi connectivity index (χ3v) is 4.66. The van der Waals surface area contributed by atoms with Crippen molar-refractivity contribution in [1.29, 1.82) is 0 Å². The Labute approximate surface area is 158 Å². The number of rotatable bonds is 8. The third kappa shape index (κ3) is 6.92. The third-order valence-electron chi connectivity index (χ3n) is 4.66. The first-order chi connectivity index (χ1) is 12.6. The monoisotopic (exact) mass is 361 g/mol. The second kappa shape index (κ2) is 11.1. The predicted molar refractivity (Wildman–Crippen MR) is 107 cm³/mol. The first-order valence-electron chi connectivity index (χ1n) is 9.84. The molecule has 146 valence electrons. The van der Waals surface area contributed by atoms with Gasteiger partial charge in [0.05, 0.1) is 25.5 Å². The van der Waals surface area contributed by atoms with E-state index in [0.717, 1.165) is 51.0 Å². The van der Waals surface area contributed by atoms with Crippen LogP contribution in [0.1, 0.15) is 38.4 Å². The van der Waals surface area contributed by atoms with Gasteiger partial charge in [0, 0.05) is 38.4 Å². The Morgan fingerprint density at radius 3 is 2.73 bits per heavy atom. The van der Waals surface area contributed by atoms with Crippen LogP contribution in [0.4, 0.5) is 0 Å². The van der Waals surface area contributed by atoms with Crippen LogP contribution in [0.25, 0.3) is 0 Å². The normalized spacial score (nSPS) is 17.3. The molecule has 0 aromatic carbocycles. The molecular formula is C20H35N5O. The van der Waals surface area contributed by atoms with Gasteiger partial charge in [0.25, 0.3) is 0 Å². The average molecular weight is 362 g/mol. The van der Waals surface area contributed by atoms with Gasteiger partial charge in [0.1, 0.15) is 0 Å². The topological polar surface area (TPSA) is 61.8 Å². The summed E-state index contributed by atoms with van der Waals surface area (Å²) in [5.41, 5.74) is 2.20. The molecule has 1 atom stereocenters. The van der Waals surface area contributed by atoms with Gasteiger partial charge in [0.2, 0.25) is 0 Å². The van der Waals surface area contributed by atoms with Crippen molar-refractivity contribution >= 4 is 5.96 Å². The number of ether oxygens (including phenoxy) is 1. The molecule has 2 rings (SSSR count). The maximum atomic E-state index is 5.51. The highest BCUT2D eigenvalue weighted by Crippen LogP contribution is 2.13. The SMILES string of the molecule is CCNC(=NCc1ncccc1C)NCC(CC(C)C)N1CCOCC1. The zero-order valence-electron chi connectivity index (χ0n) is 16.8. The molecule has 1 aliphatic rings. The maximum Gasteiger partial charge on any atom is 0.191 e. The molecule has 1 aliphatic heterocycles. The van der Waals surface area contributed by atoms with E-state index >= 15 is 0 Å². The van der Waals surface area contributed by atoms with E-state index in [1.165, 1.54) is 12.0 Å². The molecule has 2 N–H and O–H groups in total. The summed E-state index contributed by atoms with van der Waals surface area (Å²) in [6, 6.07) is 4.54. The summed E-state index contributed by atoms with van der Waals surface area (Å²) in [5, 5.41) is 6.89. The van der Waals surface area contributed by atoms with Crippen LogP contribution in [0, 0.1) is 12.8 Å². The Hall–Kier alpha value is -1.66. The van der Waals surface area contributed by atoms with Gasteiger partial charge in [0.15, 0.2) is 5.96 Å². The van der Waals surface area contributed by atoms with Gasteiger partial charge in [-0.05, 0) is 37.8 Å². The Morgan fingerprint density at radius 2 is 2.08 bits per heavy atom. The number of morpholine rings is 1. The molecule has 2 heterocycles. The largest absolute Gasteiger partial charge is 0.379 e. The molecule has 0 bridgehead atoms. The lowest BCUT2D eigenvalue weighted by Crippen LogP contribution is -2.51. The van der Waals surface area contributed by atoms with Gasteiger partial charge in [-0.3, -0.25) is 9.88 Å². The molecule has 0 spiro atoms. The minimum absolute atomic E-state index is 0.499. The Morgan fingerprint density at radius 1 is 1.31 bits per heavy atom. The number of nitrogens with one attached hydrogen (secondary N) is 2. The number of guanidine groups is 1. The van der Waals surface area contributed by atoms with Crippen molar-refractivity contribution in [2.24, 2.45) is 10.9 Å². The molecule has 26 heavy (non-hydrogen) atoms. The van der Waals surface area contributed by atoms with Gasteiger partial charge in [-0.2, -0.15) is 0 Å². The summed E-state index contributed by atoms with van der Waals surface area (Å²) >= 11 is 0. The van der Waals surface area contributed by atoms with Crippen LogP contribution in [0.5, 0.6) is 0 Å². The molecule has 1 unspecified atom stereocenters. The summed E-state index contributed by atoms with van der Waals surface area (Å²) in [7, 11) is 0. The van der Waals surface area contributed by atoms with Crippen LogP contribution >= 0.6 is 0 Å². The van der Waals surface area contributed by atoms with E-state index in [1.54, 1.807) is 0 Å². The summed E-state index contributed by atoms with van der Waals surface area (Å²) in [6.45, 7) is 14.8. The van der Waals surface area contributed by atoms with Crippen LogP contribution < -0.4 is 10.6 Å². The van der Waals surface area contributed by atoms with Crippen molar-refractivity contribution in [3.05, 3.63) is 29.6 Å². The van der Waals surface area contributed by atoms with E-state index in [4.69, 9.17) is 9.73 Å².